The molecular weight excluding hydrogens is 488 g/mol. The highest BCUT2D eigenvalue weighted by atomic mass is 16.5. The van der Waals surface area contributed by atoms with Crippen LogP contribution in [0.1, 0.15) is 98.8 Å². The Labute approximate surface area is 236 Å². The number of esters is 1. The van der Waals surface area contributed by atoms with Crippen molar-refractivity contribution in [3.63, 3.8) is 0 Å². The lowest BCUT2D eigenvalue weighted by Crippen LogP contribution is -2.67. The number of carbonyl (C=O) groups is 1. The molecular formula is C34H54O5. The van der Waals surface area contributed by atoms with E-state index in [4.69, 9.17) is 9.84 Å². The highest BCUT2D eigenvalue weighted by Gasteiger charge is 2.72. The second-order valence-electron chi connectivity index (χ2n) is 15.3. The number of allylic oxidation sites excluding steroid dienone is 1. The summed E-state index contributed by atoms with van der Waals surface area (Å²) in [5.74, 6) is 1.92. The minimum atomic E-state index is -0.435. The maximum Gasteiger partial charge on any atom is 0.312 e. The van der Waals surface area contributed by atoms with E-state index in [1.807, 2.05) is 0 Å². The maximum absolute atomic E-state index is 13.9. The van der Waals surface area contributed by atoms with E-state index in [2.05, 4.69) is 41.2 Å². The molecule has 5 aliphatic rings. The zero-order valence-corrected chi connectivity index (χ0v) is 25.2. The number of hydrogen-bond acceptors (Lipinski definition) is 5. The molecule has 0 spiro atoms. The number of carbonyl (C=O) groups excluding carboxylic acids is 1. The Balaban J connectivity index is 1.50. The fourth-order valence-electron chi connectivity index (χ4n) is 11.9. The summed E-state index contributed by atoms with van der Waals surface area (Å²) in [4.78, 5) is 13.9. The first kappa shape index (κ1) is 29.3. The van der Waals surface area contributed by atoms with Gasteiger partial charge in [0, 0.05) is 5.41 Å². The molecule has 0 heterocycles. The average molecular weight is 543 g/mol. The van der Waals surface area contributed by atoms with Crippen molar-refractivity contribution in [2.45, 2.75) is 105 Å². The molecule has 5 saturated carbocycles. The van der Waals surface area contributed by atoms with Crippen molar-refractivity contribution in [2.75, 3.05) is 19.8 Å². The minimum absolute atomic E-state index is 0.0381. The van der Waals surface area contributed by atoms with Gasteiger partial charge in [-0.25, -0.2) is 0 Å². The molecule has 5 aliphatic carbocycles. The third-order valence-corrected chi connectivity index (χ3v) is 14.2. The van der Waals surface area contributed by atoms with Crippen molar-refractivity contribution in [3.05, 3.63) is 24.3 Å². The molecule has 5 rings (SSSR count). The Hall–Kier alpha value is -1.17. The smallest absolute Gasteiger partial charge is 0.312 e. The van der Waals surface area contributed by atoms with E-state index in [1.54, 1.807) is 12.2 Å². The van der Waals surface area contributed by atoms with Crippen LogP contribution in [0.3, 0.4) is 0 Å². The van der Waals surface area contributed by atoms with Crippen molar-refractivity contribution in [2.24, 2.45) is 56.7 Å². The van der Waals surface area contributed by atoms with Gasteiger partial charge in [-0.05, 0) is 123 Å². The average Bonchev–Trinajstić information content (AvgIpc) is 3.31. The van der Waals surface area contributed by atoms with Crippen LogP contribution in [0.2, 0.25) is 0 Å². The summed E-state index contributed by atoms with van der Waals surface area (Å²) in [5, 5.41) is 30.6. The highest BCUT2D eigenvalue weighted by molar-refractivity contribution is 5.78. The largest absolute Gasteiger partial charge is 0.461 e. The van der Waals surface area contributed by atoms with E-state index >= 15 is 0 Å². The molecule has 11 atom stereocenters. The van der Waals surface area contributed by atoms with Crippen LogP contribution in [-0.4, -0.2) is 47.2 Å². The summed E-state index contributed by atoms with van der Waals surface area (Å²) in [5.41, 5.74) is 0.727. The first-order valence-corrected chi connectivity index (χ1v) is 15.7. The minimum Gasteiger partial charge on any atom is -0.461 e. The van der Waals surface area contributed by atoms with Crippen LogP contribution in [-0.2, 0) is 9.53 Å². The summed E-state index contributed by atoms with van der Waals surface area (Å²) >= 11 is 0. The Morgan fingerprint density at radius 1 is 0.897 bits per heavy atom. The molecule has 0 saturated heterocycles. The molecule has 5 nitrogen and oxygen atoms in total. The monoisotopic (exact) mass is 542 g/mol. The van der Waals surface area contributed by atoms with Gasteiger partial charge < -0.3 is 20.1 Å². The van der Waals surface area contributed by atoms with Crippen LogP contribution < -0.4 is 0 Å². The zero-order valence-electron chi connectivity index (χ0n) is 25.2. The normalized spacial score (nSPS) is 51.0. The molecule has 0 aliphatic heterocycles. The van der Waals surface area contributed by atoms with Crippen molar-refractivity contribution in [1.82, 2.24) is 0 Å². The topological polar surface area (TPSA) is 87.0 Å². The molecule has 3 N–H and O–H groups in total. The predicted molar refractivity (Wildman–Crippen MR) is 154 cm³/mol. The van der Waals surface area contributed by atoms with Gasteiger partial charge in [0.2, 0.25) is 0 Å². The first-order valence-electron chi connectivity index (χ1n) is 15.7. The summed E-state index contributed by atoms with van der Waals surface area (Å²) in [6, 6.07) is 0. The fourth-order valence-corrected chi connectivity index (χ4v) is 11.9. The lowest BCUT2D eigenvalue weighted by molar-refractivity contribution is -0.254. The van der Waals surface area contributed by atoms with Gasteiger partial charge >= 0.3 is 5.97 Å². The van der Waals surface area contributed by atoms with Gasteiger partial charge in [0.15, 0.2) is 0 Å². The van der Waals surface area contributed by atoms with Crippen LogP contribution in [0, 0.1) is 56.7 Å². The Morgan fingerprint density at radius 3 is 2.31 bits per heavy atom. The Kier molecular flexibility index (Phi) is 7.50. The molecule has 39 heavy (non-hydrogen) atoms. The predicted octanol–water partition coefficient (Wildman–Crippen LogP) is 6.07. The lowest BCUT2D eigenvalue weighted by atomic mass is 9.32. The van der Waals surface area contributed by atoms with E-state index in [9.17, 15) is 15.0 Å². The van der Waals surface area contributed by atoms with Gasteiger partial charge in [-0.1, -0.05) is 45.9 Å². The first-order chi connectivity index (χ1) is 18.4. The summed E-state index contributed by atoms with van der Waals surface area (Å²) < 4.78 is 5.88. The lowest BCUT2D eigenvalue weighted by Gasteiger charge is -2.72. The SMILES string of the molecule is C=C(C)[C@@H]1CC[C@]2(C(=O)OC/C=C/CO)CC[C@]3(C)[C@H](CC[C@@H]4[C@@]5(C)CC[C@H](O)[C@@](C)(CO)[C@@H]5CC[C@]43C)[C@@H]12. The van der Waals surface area contributed by atoms with Crippen molar-refractivity contribution in [1.29, 1.82) is 0 Å². The third-order valence-electron chi connectivity index (χ3n) is 14.2. The summed E-state index contributed by atoms with van der Waals surface area (Å²) in [6.07, 6.45) is 13.1. The molecule has 0 aromatic carbocycles. The molecule has 5 heteroatoms. The standard InChI is InChI=1S/C34H54O5/c1-22(2)23-11-16-34(29(38)39-20-8-7-19-35)18-17-32(5)24(28(23)34)9-10-26-30(3)14-13-27(37)31(4,21-36)25(30)12-15-33(26,32)6/h7-8,23-28,35-37H,1,9-21H2,2-6H3/b8-7+/t23-,24+,25+,26+,27-,28+,30-,31-,32+,33+,34-/m0/s1. The molecule has 0 unspecified atom stereocenters. The highest BCUT2D eigenvalue weighted by Crippen LogP contribution is 2.77. The van der Waals surface area contributed by atoms with Crippen LogP contribution >= 0.6 is 0 Å². The zero-order chi connectivity index (χ0) is 28.4. The van der Waals surface area contributed by atoms with Gasteiger partial charge in [-0.15, -0.1) is 0 Å². The van der Waals surface area contributed by atoms with Crippen LogP contribution in [0.4, 0.5) is 0 Å². The van der Waals surface area contributed by atoms with Crippen LogP contribution in [0.5, 0.6) is 0 Å². The van der Waals surface area contributed by atoms with Gasteiger partial charge in [0.25, 0.3) is 0 Å². The van der Waals surface area contributed by atoms with Gasteiger partial charge in [-0.3, -0.25) is 4.79 Å². The second kappa shape index (κ2) is 9.98. The van der Waals surface area contributed by atoms with Crippen LogP contribution in [0.15, 0.2) is 24.3 Å². The van der Waals surface area contributed by atoms with Crippen molar-refractivity contribution < 1.29 is 24.9 Å². The number of fused-ring (bicyclic) bond motifs is 7. The van der Waals surface area contributed by atoms with Crippen LogP contribution in [0.25, 0.3) is 0 Å². The quantitative estimate of drug-likeness (QED) is 0.280. The molecule has 0 amide bonds. The second-order valence-corrected chi connectivity index (χ2v) is 15.3. The molecule has 0 aromatic rings. The number of ether oxygens (including phenoxy) is 1. The van der Waals surface area contributed by atoms with Gasteiger partial charge in [0.05, 0.1) is 24.7 Å². The fraction of sp³-hybridized carbons (Fsp3) is 0.853. The molecule has 0 bridgehead atoms. The number of aliphatic hydroxyl groups excluding tert-OH is 3. The van der Waals surface area contributed by atoms with Crippen molar-refractivity contribution >= 4 is 5.97 Å². The van der Waals surface area contributed by atoms with E-state index in [-0.39, 0.29) is 48.0 Å². The molecule has 220 valence electrons. The van der Waals surface area contributed by atoms with E-state index in [1.165, 1.54) is 5.57 Å². The van der Waals surface area contributed by atoms with E-state index in [0.717, 1.165) is 64.2 Å². The van der Waals surface area contributed by atoms with E-state index < -0.39 is 16.9 Å². The van der Waals surface area contributed by atoms with Crippen molar-refractivity contribution in [3.8, 4) is 0 Å². The number of rotatable bonds is 6. The number of hydrogen-bond donors (Lipinski definition) is 3. The molecule has 0 radical (unpaired) electrons. The summed E-state index contributed by atoms with van der Waals surface area (Å²) in [6.45, 7) is 16.6. The Bertz CT molecular complexity index is 1010. The van der Waals surface area contributed by atoms with Gasteiger partial charge in [-0.2, -0.15) is 0 Å². The number of aliphatic hydroxyl groups is 3. The molecule has 5 fully saturated rings. The maximum atomic E-state index is 13.9. The van der Waals surface area contributed by atoms with Gasteiger partial charge in [0.1, 0.15) is 6.61 Å². The van der Waals surface area contributed by atoms with E-state index in [0.29, 0.717) is 23.7 Å². The summed E-state index contributed by atoms with van der Waals surface area (Å²) in [7, 11) is 0. The Morgan fingerprint density at radius 2 is 1.64 bits per heavy atom. The third kappa shape index (κ3) is 3.91. The molecule has 0 aromatic heterocycles.